The highest BCUT2D eigenvalue weighted by molar-refractivity contribution is 5.28. The predicted octanol–water partition coefficient (Wildman–Crippen LogP) is 9.14. The molecule has 2 aliphatic rings. The Morgan fingerprint density at radius 2 is 1.60 bits per heavy atom. The Kier molecular flexibility index (Phi) is 8.85. The van der Waals surface area contributed by atoms with Crippen molar-refractivity contribution in [2.45, 2.75) is 122 Å². The Morgan fingerprint density at radius 3 is 2.17 bits per heavy atom. The summed E-state index contributed by atoms with van der Waals surface area (Å²) in [5, 5.41) is 9.82. The van der Waals surface area contributed by atoms with Crippen LogP contribution < -0.4 is 0 Å². The maximum Gasteiger partial charge on any atom is 0.0689 e. The standard InChI is InChI=1S/C29H45N/c1-4-6-7-19-29(22-30)20-17-28(18-21-29)27-15-13-26(14-16-27)23(3)25-11-9-24(8-5-2)10-12-25/h13-16,23-25,28H,4-12,17-21H2,1-3H3. The first-order valence-corrected chi connectivity index (χ1v) is 13.1. The lowest BCUT2D eigenvalue weighted by Crippen LogP contribution is -2.25. The van der Waals surface area contributed by atoms with Gasteiger partial charge in [-0.25, -0.2) is 0 Å². The summed E-state index contributed by atoms with van der Waals surface area (Å²) in [5.74, 6) is 3.22. The van der Waals surface area contributed by atoms with E-state index in [-0.39, 0.29) is 5.41 Å². The molecule has 1 aromatic rings. The number of nitrogens with zero attached hydrogens (tertiary/aromatic N) is 1. The Balaban J connectivity index is 1.52. The van der Waals surface area contributed by atoms with Crippen molar-refractivity contribution in [2.75, 3.05) is 0 Å². The lowest BCUT2D eigenvalue weighted by Gasteiger charge is -2.35. The minimum Gasteiger partial charge on any atom is -0.198 e. The molecule has 2 fully saturated rings. The van der Waals surface area contributed by atoms with E-state index in [1.807, 2.05) is 0 Å². The summed E-state index contributed by atoms with van der Waals surface area (Å²) >= 11 is 0. The molecule has 1 aromatic carbocycles. The van der Waals surface area contributed by atoms with Gasteiger partial charge in [-0.2, -0.15) is 5.26 Å². The molecule has 0 N–H and O–H groups in total. The molecule has 0 spiro atoms. The summed E-state index contributed by atoms with van der Waals surface area (Å²) in [6.07, 6.45) is 17.9. The quantitative estimate of drug-likeness (QED) is 0.374. The third-order valence-corrected chi connectivity index (χ3v) is 8.67. The molecule has 1 unspecified atom stereocenters. The maximum atomic E-state index is 9.82. The number of unbranched alkanes of at least 4 members (excludes halogenated alkanes) is 2. The first-order valence-electron chi connectivity index (χ1n) is 13.1. The van der Waals surface area contributed by atoms with Gasteiger partial charge in [-0.05, 0) is 79.7 Å². The number of nitriles is 1. The van der Waals surface area contributed by atoms with Gasteiger partial charge in [-0.1, -0.05) is 90.0 Å². The second-order valence-corrected chi connectivity index (χ2v) is 10.6. The number of benzene rings is 1. The summed E-state index contributed by atoms with van der Waals surface area (Å²) in [6.45, 7) is 7.03. The molecule has 3 rings (SSSR count). The predicted molar refractivity (Wildman–Crippen MR) is 129 cm³/mol. The van der Waals surface area contributed by atoms with Crippen LogP contribution >= 0.6 is 0 Å². The fraction of sp³-hybridized carbons (Fsp3) is 0.759. The molecule has 0 amide bonds. The summed E-state index contributed by atoms with van der Waals surface area (Å²) in [7, 11) is 0. The van der Waals surface area contributed by atoms with Crippen molar-refractivity contribution < 1.29 is 0 Å². The summed E-state index contributed by atoms with van der Waals surface area (Å²) in [5.41, 5.74) is 3.02. The average molecular weight is 408 g/mol. The Hall–Kier alpha value is -1.29. The highest BCUT2D eigenvalue weighted by Gasteiger charge is 2.35. The fourth-order valence-electron chi connectivity index (χ4n) is 6.36. The lowest BCUT2D eigenvalue weighted by atomic mass is 9.67. The van der Waals surface area contributed by atoms with Gasteiger partial charge in [0.15, 0.2) is 0 Å². The van der Waals surface area contributed by atoms with Crippen LogP contribution in [0.15, 0.2) is 24.3 Å². The SMILES string of the molecule is CCCCCC1(C#N)CCC(c2ccc(C(C)C3CCC(CCC)CC3)cc2)CC1. The molecule has 1 nitrogen and oxygen atoms in total. The Bertz CT molecular complexity index is 651. The van der Waals surface area contributed by atoms with Crippen LogP contribution in [-0.2, 0) is 0 Å². The van der Waals surface area contributed by atoms with Crippen LogP contribution in [0.2, 0.25) is 0 Å². The van der Waals surface area contributed by atoms with Gasteiger partial charge in [-0.15, -0.1) is 0 Å². The zero-order valence-corrected chi connectivity index (χ0v) is 20.0. The van der Waals surface area contributed by atoms with Crippen LogP contribution in [-0.4, -0.2) is 0 Å². The molecule has 1 heteroatoms. The molecule has 0 aliphatic heterocycles. The Labute approximate surface area is 186 Å². The summed E-state index contributed by atoms with van der Waals surface area (Å²) in [4.78, 5) is 0. The summed E-state index contributed by atoms with van der Waals surface area (Å²) in [6, 6.07) is 12.4. The first-order chi connectivity index (χ1) is 14.6. The van der Waals surface area contributed by atoms with E-state index in [1.54, 1.807) is 5.56 Å². The monoisotopic (exact) mass is 407 g/mol. The molecule has 0 radical (unpaired) electrons. The van der Waals surface area contributed by atoms with Crippen LogP contribution in [0, 0.1) is 28.6 Å². The van der Waals surface area contributed by atoms with E-state index in [1.165, 1.54) is 76.2 Å². The van der Waals surface area contributed by atoms with Gasteiger partial charge in [0.25, 0.3) is 0 Å². The second kappa shape index (κ2) is 11.4. The van der Waals surface area contributed by atoms with E-state index in [4.69, 9.17) is 0 Å². The summed E-state index contributed by atoms with van der Waals surface area (Å²) < 4.78 is 0. The van der Waals surface area contributed by atoms with Crippen LogP contribution in [0.3, 0.4) is 0 Å². The van der Waals surface area contributed by atoms with Crippen molar-refractivity contribution in [3.05, 3.63) is 35.4 Å². The van der Waals surface area contributed by atoms with Crippen LogP contribution in [0.1, 0.15) is 134 Å². The van der Waals surface area contributed by atoms with Gasteiger partial charge in [0, 0.05) is 0 Å². The van der Waals surface area contributed by atoms with Gasteiger partial charge in [0.05, 0.1) is 11.5 Å². The largest absolute Gasteiger partial charge is 0.198 e. The van der Waals surface area contributed by atoms with E-state index < -0.39 is 0 Å². The minimum atomic E-state index is -0.0310. The Morgan fingerprint density at radius 1 is 0.933 bits per heavy atom. The molecule has 30 heavy (non-hydrogen) atoms. The van der Waals surface area contributed by atoms with Crippen molar-refractivity contribution >= 4 is 0 Å². The average Bonchev–Trinajstić information content (AvgIpc) is 2.80. The second-order valence-electron chi connectivity index (χ2n) is 10.6. The number of hydrogen-bond acceptors (Lipinski definition) is 1. The topological polar surface area (TPSA) is 23.8 Å². The van der Waals surface area contributed by atoms with E-state index in [0.29, 0.717) is 11.8 Å². The molecule has 1 atom stereocenters. The van der Waals surface area contributed by atoms with E-state index >= 15 is 0 Å². The van der Waals surface area contributed by atoms with Crippen LogP contribution in [0.5, 0.6) is 0 Å². The lowest BCUT2D eigenvalue weighted by molar-refractivity contribution is 0.223. The van der Waals surface area contributed by atoms with Crippen molar-refractivity contribution in [3.63, 3.8) is 0 Å². The molecule has 0 heterocycles. The van der Waals surface area contributed by atoms with Gasteiger partial charge in [-0.3, -0.25) is 0 Å². The highest BCUT2D eigenvalue weighted by atomic mass is 14.4. The maximum absolute atomic E-state index is 9.82. The number of hydrogen-bond donors (Lipinski definition) is 0. The molecule has 0 aromatic heterocycles. The van der Waals surface area contributed by atoms with E-state index in [2.05, 4.69) is 51.1 Å². The molecule has 2 aliphatic carbocycles. The number of rotatable bonds is 9. The van der Waals surface area contributed by atoms with Crippen molar-refractivity contribution in [1.82, 2.24) is 0 Å². The van der Waals surface area contributed by atoms with Crippen molar-refractivity contribution in [2.24, 2.45) is 17.3 Å². The first kappa shape index (κ1) is 23.4. The van der Waals surface area contributed by atoms with Gasteiger partial charge in [0.1, 0.15) is 0 Å². The third kappa shape index (κ3) is 5.90. The fourth-order valence-corrected chi connectivity index (χ4v) is 6.36. The van der Waals surface area contributed by atoms with Gasteiger partial charge < -0.3 is 0 Å². The van der Waals surface area contributed by atoms with Gasteiger partial charge in [0.2, 0.25) is 0 Å². The minimum absolute atomic E-state index is 0.0310. The molecular weight excluding hydrogens is 362 g/mol. The smallest absolute Gasteiger partial charge is 0.0689 e. The van der Waals surface area contributed by atoms with Crippen LogP contribution in [0.4, 0.5) is 0 Å². The van der Waals surface area contributed by atoms with Gasteiger partial charge >= 0.3 is 0 Å². The van der Waals surface area contributed by atoms with E-state index in [0.717, 1.165) is 31.1 Å². The molecular formula is C29H45N. The third-order valence-electron chi connectivity index (χ3n) is 8.67. The molecule has 0 bridgehead atoms. The van der Waals surface area contributed by atoms with Crippen molar-refractivity contribution in [3.8, 4) is 6.07 Å². The highest BCUT2D eigenvalue weighted by Crippen LogP contribution is 2.46. The molecule has 2 saturated carbocycles. The van der Waals surface area contributed by atoms with Crippen molar-refractivity contribution in [1.29, 1.82) is 5.26 Å². The molecule has 0 saturated heterocycles. The van der Waals surface area contributed by atoms with E-state index in [9.17, 15) is 5.26 Å². The normalized spacial score (nSPS) is 30.5. The zero-order chi connectivity index (χ0) is 21.4. The zero-order valence-electron chi connectivity index (χ0n) is 20.0. The molecule has 166 valence electrons. The van der Waals surface area contributed by atoms with Crippen LogP contribution in [0.25, 0.3) is 0 Å².